The van der Waals surface area contributed by atoms with Gasteiger partial charge in [-0.3, -0.25) is 28.8 Å². The molecule has 2 fully saturated rings. The van der Waals surface area contributed by atoms with Crippen molar-refractivity contribution < 1.29 is 19.5 Å². The minimum Gasteiger partial charge on any atom is -0.481 e. The van der Waals surface area contributed by atoms with Gasteiger partial charge in [-0.1, -0.05) is 6.07 Å². The smallest absolute Gasteiger partial charge is 0.329 e. The molecule has 1 unspecified atom stereocenters. The van der Waals surface area contributed by atoms with E-state index in [0.717, 1.165) is 43.2 Å². The number of aryl methyl sites for hydroxylation is 1. The van der Waals surface area contributed by atoms with Crippen LogP contribution in [0.1, 0.15) is 56.6 Å². The molecule has 8 heteroatoms. The van der Waals surface area contributed by atoms with Crippen LogP contribution in [0.5, 0.6) is 0 Å². The van der Waals surface area contributed by atoms with Gasteiger partial charge in [0.15, 0.2) is 0 Å². The fourth-order valence-electron chi connectivity index (χ4n) is 4.99. The summed E-state index contributed by atoms with van der Waals surface area (Å²) in [7, 11) is 1.70. The summed E-state index contributed by atoms with van der Waals surface area (Å²) in [6.07, 6.45) is 5.64. The normalized spacial score (nSPS) is 24.8. The first kappa shape index (κ1) is 20.4. The molecule has 2 aromatic rings. The summed E-state index contributed by atoms with van der Waals surface area (Å²) in [6.45, 7) is 0. The van der Waals surface area contributed by atoms with Crippen molar-refractivity contribution in [2.45, 2.75) is 57.4 Å². The van der Waals surface area contributed by atoms with Crippen LogP contribution >= 0.6 is 0 Å². The number of imide groups is 1. The summed E-state index contributed by atoms with van der Waals surface area (Å²) < 4.78 is 3.06. The Balaban J connectivity index is 1.54. The lowest BCUT2D eigenvalue weighted by atomic mass is 9.78. The van der Waals surface area contributed by atoms with E-state index in [-0.39, 0.29) is 30.4 Å². The van der Waals surface area contributed by atoms with Gasteiger partial charge in [0.05, 0.1) is 11.0 Å². The second-order valence-electron chi connectivity index (χ2n) is 8.69. The lowest BCUT2D eigenvalue weighted by molar-refractivity contribution is -0.138. The largest absolute Gasteiger partial charge is 0.481 e. The van der Waals surface area contributed by atoms with Gasteiger partial charge in [0.1, 0.15) is 6.04 Å². The van der Waals surface area contributed by atoms with Crippen molar-refractivity contribution in [2.75, 3.05) is 0 Å². The number of carboxylic acids is 1. The molecule has 1 saturated carbocycles. The zero-order valence-corrected chi connectivity index (χ0v) is 17.1. The predicted molar refractivity (Wildman–Crippen MR) is 110 cm³/mol. The van der Waals surface area contributed by atoms with Gasteiger partial charge in [-0.2, -0.15) is 0 Å². The number of aliphatic carboxylic acids is 1. The number of amides is 2. The highest BCUT2D eigenvalue weighted by molar-refractivity contribution is 6.00. The maximum Gasteiger partial charge on any atom is 0.329 e. The van der Waals surface area contributed by atoms with Crippen LogP contribution in [0.15, 0.2) is 23.0 Å². The molecule has 0 radical (unpaired) electrons. The van der Waals surface area contributed by atoms with Crippen LogP contribution in [0.3, 0.4) is 0 Å². The molecule has 2 amide bonds. The van der Waals surface area contributed by atoms with Gasteiger partial charge in [0.2, 0.25) is 11.8 Å². The van der Waals surface area contributed by atoms with E-state index in [2.05, 4.69) is 5.32 Å². The topological polar surface area (TPSA) is 110 Å². The van der Waals surface area contributed by atoms with E-state index < -0.39 is 17.9 Å². The lowest BCUT2D eigenvalue weighted by Crippen LogP contribution is -2.44. The number of hydrogen-bond acceptors (Lipinski definition) is 4. The van der Waals surface area contributed by atoms with Crippen molar-refractivity contribution in [2.24, 2.45) is 18.9 Å². The number of benzene rings is 1. The van der Waals surface area contributed by atoms with E-state index in [0.29, 0.717) is 17.9 Å². The summed E-state index contributed by atoms with van der Waals surface area (Å²) in [5.41, 5.74) is 2.36. The Hall–Kier alpha value is -2.90. The van der Waals surface area contributed by atoms with Crippen molar-refractivity contribution in [3.05, 3.63) is 34.2 Å². The highest BCUT2D eigenvalue weighted by Gasteiger charge is 2.31. The van der Waals surface area contributed by atoms with Gasteiger partial charge in [0.25, 0.3) is 0 Å². The quantitative estimate of drug-likeness (QED) is 0.730. The van der Waals surface area contributed by atoms with Crippen LogP contribution in [-0.2, 0) is 27.9 Å². The molecule has 4 rings (SSSR count). The fourth-order valence-corrected chi connectivity index (χ4v) is 4.99. The van der Waals surface area contributed by atoms with Crippen LogP contribution in [0.2, 0.25) is 0 Å². The molecule has 1 atom stereocenters. The molecule has 1 aliphatic heterocycles. The summed E-state index contributed by atoms with van der Waals surface area (Å²) in [5, 5.41) is 11.3. The fraction of sp³-hybridized carbons (Fsp3) is 0.545. The molecule has 1 aromatic carbocycles. The number of nitrogens with one attached hydrogen (secondary N) is 1. The molecule has 30 heavy (non-hydrogen) atoms. The Labute approximate surface area is 173 Å². The first-order chi connectivity index (χ1) is 14.3. The van der Waals surface area contributed by atoms with E-state index in [9.17, 15) is 19.2 Å². The van der Waals surface area contributed by atoms with E-state index in [4.69, 9.17) is 5.11 Å². The zero-order valence-electron chi connectivity index (χ0n) is 17.1. The van der Waals surface area contributed by atoms with Crippen LogP contribution in [0.4, 0.5) is 0 Å². The first-order valence-corrected chi connectivity index (χ1v) is 10.6. The Morgan fingerprint density at radius 3 is 2.43 bits per heavy atom. The second-order valence-corrected chi connectivity index (χ2v) is 8.69. The van der Waals surface area contributed by atoms with Gasteiger partial charge in [0, 0.05) is 19.9 Å². The van der Waals surface area contributed by atoms with Crippen molar-refractivity contribution in [3.8, 4) is 0 Å². The van der Waals surface area contributed by atoms with Crippen LogP contribution < -0.4 is 11.0 Å². The number of aromatic nitrogens is 2. The van der Waals surface area contributed by atoms with E-state index >= 15 is 0 Å². The number of nitrogens with zero attached hydrogens (tertiary/aromatic N) is 2. The Bertz CT molecular complexity index is 1060. The maximum absolute atomic E-state index is 12.9. The number of fused-ring (bicyclic) bond motifs is 1. The maximum atomic E-state index is 12.9. The summed E-state index contributed by atoms with van der Waals surface area (Å²) in [5.74, 6) is -0.648. The third-order valence-electron chi connectivity index (χ3n) is 6.63. The van der Waals surface area contributed by atoms with Crippen LogP contribution in [-0.4, -0.2) is 32.0 Å². The highest BCUT2D eigenvalue weighted by Crippen LogP contribution is 2.33. The number of carbonyl (C=O) groups excluding carboxylic acids is 2. The molecule has 0 spiro atoms. The summed E-state index contributed by atoms with van der Waals surface area (Å²) in [6, 6.07) is 5.25. The van der Waals surface area contributed by atoms with Crippen molar-refractivity contribution in [1.29, 1.82) is 0 Å². The van der Waals surface area contributed by atoms with Crippen LogP contribution in [0.25, 0.3) is 11.0 Å². The summed E-state index contributed by atoms with van der Waals surface area (Å²) >= 11 is 0. The Morgan fingerprint density at radius 2 is 1.77 bits per heavy atom. The van der Waals surface area contributed by atoms with Gasteiger partial charge in [-0.05, 0) is 68.1 Å². The standard InChI is InChI=1S/C22H27N3O5/c1-24-18-11-15(10-13-2-4-14(5-3-13)12-20(27)28)6-7-16(18)25(22(24)30)17-8-9-19(26)23-21(17)29/h6-7,11,13-14,17H,2-5,8-10,12H2,1H3,(H,27,28)(H,23,26,29)/t13-,14-,17?. The average molecular weight is 413 g/mol. The van der Waals surface area contributed by atoms with Gasteiger partial charge in [-0.15, -0.1) is 0 Å². The van der Waals surface area contributed by atoms with Gasteiger partial charge < -0.3 is 5.11 Å². The Kier molecular flexibility index (Phi) is 5.49. The van der Waals surface area contributed by atoms with Crippen molar-refractivity contribution >= 4 is 28.8 Å². The van der Waals surface area contributed by atoms with Gasteiger partial charge in [-0.25, -0.2) is 4.79 Å². The number of carbonyl (C=O) groups is 3. The summed E-state index contributed by atoms with van der Waals surface area (Å²) in [4.78, 5) is 47.5. The van der Waals surface area contributed by atoms with E-state index in [1.165, 1.54) is 4.57 Å². The van der Waals surface area contributed by atoms with Gasteiger partial charge >= 0.3 is 11.7 Å². The number of carboxylic acid groups (broad SMARTS) is 1. The molecule has 1 saturated heterocycles. The monoisotopic (exact) mass is 413 g/mol. The minimum absolute atomic E-state index is 0.224. The molecular weight excluding hydrogens is 386 g/mol. The molecule has 2 aliphatic rings. The third-order valence-corrected chi connectivity index (χ3v) is 6.63. The van der Waals surface area contributed by atoms with Crippen molar-refractivity contribution in [1.82, 2.24) is 14.5 Å². The molecule has 8 nitrogen and oxygen atoms in total. The third kappa shape index (κ3) is 3.91. The molecular formula is C22H27N3O5. The molecule has 2 N–H and O–H groups in total. The number of imidazole rings is 1. The minimum atomic E-state index is -0.717. The van der Waals surface area contributed by atoms with E-state index in [1.54, 1.807) is 11.6 Å². The zero-order chi connectivity index (χ0) is 21.4. The molecule has 160 valence electrons. The molecule has 0 bridgehead atoms. The molecule has 1 aliphatic carbocycles. The highest BCUT2D eigenvalue weighted by atomic mass is 16.4. The second kappa shape index (κ2) is 8.08. The predicted octanol–water partition coefficient (Wildman–Crippen LogP) is 2.14. The number of piperidine rings is 1. The van der Waals surface area contributed by atoms with Crippen molar-refractivity contribution in [3.63, 3.8) is 0 Å². The SMILES string of the molecule is Cn1c(=O)n(C2CCC(=O)NC2=O)c2ccc(C[C@H]3CC[C@H](CC(=O)O)CC3)cc21. The number of rotatable bonds is 5. The molecule has 1 aromatic heterocycles. The van der Waals surface area contributed by atoms with E-state index in [1.807, 2.05) is 18.2 Å². The number of hydrogen-bond donors (Lipinski definition) is 2. The first-order valence-electron chi connectivity index (χ1n) is 10.6. The van der Waals surface area contributed by atoms with Crippen LogP contribution in [0, 0.1) is 11.8 Å². The Morgan fingerprint density at radius 1 is 1.07 bits per heavy atom. The lowest BCUT2D eigenvalue weighted by Gasteiger charge is -2.27. The molecule has 2 heterocycles. The average Bonchev–Trinajstić information content (AvgIpc) is 2.94.